The maximum absolute atomic E-state index is 12.2. The molecule has 2 amide bonds. The van der Waals surface area contributed by atoms with Crippen LogP contribution in [0.5, 0.6) is 0 Å². The summed E-state index contributed by atoms with van der Waals surface area (Å²) >= 11 is 0. The molecule has 0 unspecified atom stereocenters. The van der Waals surface area contributed by atoms with E-state index in [1.807, 2.05) is 39.8 Å². The molecule has 25 heavy (non-hydrogen) atoms. The van der Waals surface area contributed by atoms with Gasteiger partial charge in [0.15, 0.2) is 0 Å². The van der Waals surface area contributed by atoms with Gasteiger partial charge in [0.05, 0.1) is 6.54 Å². The van der Waals surface area contributed by atoms with Crippen LogP contribution in [0.25, 0.3) is 6.08 Å². The van der Waals surface area contributed by atoms with Crippen molar-refractivity contribution < 1.29 is 9.59 Å². The molecule has 6 heteroatoms. The van der Waals surface area contributed by atoms with Crippen molar-refractivity contribution in [3.05, 3.63) is 28.6 Å². The zero-order chi connectivity index (χ0) is 19.1. The molecular formula is C19H28N4O2. The first kappa shape index (κ1) is 20.5. The molecule has 0 aliphatic carbocycles. The fourth-order valence-electron chi connectivity index (χ4n) is 2.55. The van der Waals surface area contributed by atoms with Crippen molar-refractivity contribution >= 4 is 17.9 Å². The van der Waals surface area contributed by atoms with Crippen molar-refractivity contribution in [1.82, 2.24) is 15.2 Å². The zero-order valence-electron chi connectivity index (χ0n) is 15.9. The SMILES string of the molecule is Cc1cc(/C=C(\C#N)C(=O)NCC(=O)NC(C)C)c(C)n1CC(C)C. The number of nitrogens with zero attached hydrogens (tertiary/aromatic N) is 2. The smallest absolute Gasteiger partial charge is 0.262 e. The number of nitrogens with one attached hydrogen (secondary N) is 2. The minimum atomic E-state index is -0.546. The maximum atomic E-state index is 12.2. The molecule has 0 bridgehead atoms. The van der Waals surface area contributed by atoms with Gasteiger partial charge in [0.25, 0.3) is 5.91 Å². The predicted octanol–water partition coefficient (Wildman–Crippen LogP) is 2.31. The Morgan fingerprint density at radius 2 is 1.92 bits per heavy atom. The van der Waals surface area contributed by atoms with E-state index < -0.39 is 5.91 Å². The van der Waals surface area contributed by atoms with E-state index in [4.69, 9.17) is 0 Å². The second-order valence-electron chi connectivity index (χ2n) is 6.91. The van der Waals surface area contributed by atoms with Gasteiger partial charge in [-0.15, -0.1) is 0 Å². The first-order valence-electron chi connectivity index (χ1n) is 8.51. The van der Waals surface area contributed by atoms with Gasteiger partial charge in [0.1, 0.15) is 11.6 Å². The Bertz CT molecular complexity index is 706. The quantitative estimate of drug-likeness (QED) is 0.588. The van der Waals surface area contributed by atoms with Gasteiger partial charge >= 0.3 is 0 Å². The van der Waals surface area contributed by atoms with E-state index in [-0.39, 0.29) is 24.1 Å². The lowest BCUT2D eigenvalue weighted by Crippen LogP contribution is -2.40. The first-order valence-corrected chi connectivity index (χ1v) is 8.51. The number of aromatic nitrogens is 1. The van der Waals surface area contributed by atoms with E-state index in [9.17, 15) is 14.9 Å². The molecule has 1 heterocycles. The van der Waals surface area contributed by atoms with Crippen LogP contribution >= 0.6 is 0 Å². The molecule has 0 aliphatic rings. The lowest BCUT2D eigenvalue weighted by Gasteiger charge is -2.12. The highest BCUT2D eigenvalue weighted by Gasteiger charge is 2.14. The average Bonchev–Trinajstić information content (AvgIpc) is 2.76. The summed E-state index contributed by atoms with van der Waals surface area (Å²) in [4.78, 5) is 23.8. The van der Waals surface area contributed by atoms with E-state index in [0.717, 1.165) is 23.5 Å². The molecule has 0 atom stereocenters. The van der Waals surface area contributed by atoms with Gasteiger partial charge in [-0.25, -0.2) is 0 Å². The van der Waals surface area contributed by atoms with Gasteiger partial charge in [-0.05, 0) is 51.3 Å². The summed E-state index contributed by atoms with van der Waals surface area (Å²) in [5.41, 5.74) is 2.94. The van der Waals surface area contributed by atoms with Crippen molar-refractivity contribution in [2.24, 2.45) is 5.92 Å². The Balaban J connectivity index is 2.91. The predicted molar refractivity (Wildman–Crippen MR) is 98.6 cm³/mol. The highest BCUT2D eigenvalue weighted by atomic mass is 16.2. The summed E-state index contributed by atoms with van der Waals surface area (Å²) < 4.78 is 2.18. The molecule has 0 fully saturated rings. The summed E-state index contributed by atoms with van der Waals surface area (Å²) in [5.74, 6) is -0.328. The third-order valence-corrected chi connectivity index (χ3v) is 3.68. The maximum Gasteiger partial charge on any atom is 0.262 e. The van der Waals surface area contributed by atoms with Gasteiger partial charge in [-0.1, -0.05) is 13.8 Å². The lowest BCUT2D eigenvalue weighted by molar-refractivity contribution is -0.124. The van der Waals surface area contributed by atoms with E-state index in [1.165, 1.54) is 0 Å². The number of carbonyl (C=O) groups is 2. The fraction of sp³-hybridized carbons (Fsp3) is 0.526. The first-order chi connectivity index (χ1) is 11.6. The van der Waals surface area contributed by atoms with Crippen molar-refractivity contribution in [3.8, 4) is 6.07 Å². The topological polar surface area (TPSA) is 86.9 Å². The molecule has 0 aliphatic heterocycles. The molecule has 0 saturated heterocycles. The van der Waals surface area contributed by atoms with E-state index >= 15 is 0 Å². The standard InChI is InChI=1S/C19H28N4O2/c1-12(2)11-23-14(5)7-16(15(23)6)8-17(9-20)19(25)21-10-18(24)22-13(3)4/h7-8,12-13H,10-11H2,1-6H3,(H,21,25)(H,22,24)/b17-8+. The Labute approximate surface area is 149 Å². The average molecular weight is 344 g/mol. The molecule has 0 saturated carbocycles. The monoisotopic (exact) mass is 344 g/mol. The van der Waals surface area contributed by atoms with E-state index in [2.05, 4.69) is 29.0 Å². The largest absolute Gasteiger partial charge is 0.352 e. The van der Waals surface area contributed by atoms with Crippen LogP contribution in [0.15, 0.2) is 11.6 Å². The fourth-order valence-corrected chi connectivity index (χ4v) is 2.55. The normalized spacial score (nSPS) is 11.6. The third-order valence-electron chi connectivity index (χ3n) is 3.68. The van der Waals surface area contributed by atoms with Crippen LogP contribution in [-0.2, 0) is 16.1 Å². The van der Waals surface area contributed by atoms with E-state index in [0.29, 0.717) is 5.92 Å². The van der Waals surface area contributed by atoms with E-state index in [1.54, 1.807) is 6.08 Å². The molecule has 2 N–H and O–H groups in total. The second-order valence-corrected chi connectivity index (χ2v) is 6.91. The second kappa shape index (κ2) is 9.07. The summed E-state index contributed by atoms with van der Waals surface area (Å²) in [6.07, 6.45) is 1.58. The van der Waals surface area contributed by atoms with Gasteiger partial charge in [-0.3, -0.25) is 9.59 Å². The van der Waals surface area contributed by atoms with Crippen molar-refractivity contribution in [1.29, 1.82) is 5.26 Å². The molecular weight excluding hydrogens is 316 g/mol. The molecule has 1 aromatic rings. The minimum Gasteiger partial charge on any atom is -0.352 e. The van der Waals surface area contributed by atoms with Crippen LogP contribution in [0.1, 0.15) is 44.6 Å². The summed E-state index contributed by atoms with van der Waals surface area (Å²) in [6.45, 7) is 12.7. The molecule has 1 aromatic heterocycles. The third kappa shape index (κ3) is 6.11. The Morgan fingerprint density at radius 3 is 2.44 bits per heavy atom. The molecule has 0 spiro atoms. The number of amides is 2. The summed E-state index contributed by atoms with van der Waals surface area (Å²) in [7, 11) is 0. The van der Waals surface area contributed by atoms with Crippen LogP contribution < -0.4 is 10.6 Å². The number of aryl methyl sites for hydroxylation is 1. The van der Waals surface area contributed by atoms with Crippen LogP contribution in [0.4, 0.5) is 0 Å². The number of nitriles is 1. The lowest BCUT2D eigenvalue weighted by atomic mass is 10.1. The van der Waals surface area contributed by atoms with Crippen molar-refractivity contribution in [2.45, 2.75) is 54.1 Å². The summed E-state index contributed by atoms with van der Waals surface area (Å²) in [5, 5.41) is 14.5. The van der Waals surface area contributed by atoms with Gasteiger partial charge < -0.3 is 15.2 Å². The molecule has 0 aromatic carbocycles. The van der Waals surface area contributed by atoms with Gasteiger partial charge in [-0.2, -0.15) is 5.26 Å². The molecule has 136 valence electrons. The van der Waals surface area contributed by atoms with Crippen molar-refractivity contribution in [3.63, 3.8) is 0 Å². The van der Waals surface area contributed by atoms with Gasteiger partial charge in [0.2, 0.25) is 5.91 Å². The summed E-state index contributed by atoms with van der Waals surface area (Å²) in [6, 6.07) is 3.89. The molecule has 0 radical (unpaired) electrons. The highest BCUT2D eigenvalue weighted by molar-refractivity contribution is 6.03. The van der Waals surface area contributed by atoms with Gasteiger partial charge in [0, 0.05) is 24.0 Å². The zero-order valence-corrected chi connectivity index (χ0v) is 15.9. The Morgan fingerprint density at radius 1 is 1.28 bits per heavy atom. The van der Waals surface area contributed by atoms with Crippen LogP contribution in [-0.4, -0.2) is 29.0 Å². The van der Waals surface area contributed by atoms with Crippen LogP contribution in [0, 0.1) is 31.1 Å². The molecule has 6 nitrogen and oxygen atoms in total. The molecule has 1 rings (SSSR count). The number of hydrogen-bond donors (Lipinski definition) is 2. The highest BCUT2D eigenvalue weighted by Crippen LogP contribution is 2.19. The number of carbonyl (C=O) groups excluding carboxylic acids is 2. The number of hydrogen-bond acceptors (Lipinski definition) is 3. The number of rotatable bonds is 7. The van der Waals surface area contributed by atoms with Crippen LogP contribution in [0.3, 0.4) is 0 Å². The van der Waals surface area contributed by atoms with Crippen LogP contribution in [0.2, 0.25) is 0 Å². The Hall–Kier alpha value is -2.55. The Kier molecular flexibility index (Phi) is 7.43. The van der Waals surface area contributed by atoms with Crippen molar-refractivity contribution in [2.75, 3.05) is 6.54 Å². The minimum absolute atomic E-state index is 0.00160.